The highest BCUT2D eigenvalue weighted by atomic mass is 19.2. The average molecular weight is 288 g/mol. The van der Waals surface area contributed by atoms with Crippen molar-refractivity contribution in [3.05, 3.63) is 70.5 Å². The quantitative estimate of drug-likeness (QED) is 0.675. The first-order valence-electron chi connectivity index (χ1n) is 5.65. The van der Waals surface area contributed by atoms with Gasteiger partial charge in [0, 0.05) is 18.1 Å². The molecule has 106 valence electrons. The molecule has 0 saturated carbocycles. The molecule has 2 aromatic rings. The Labute approximate surface area is 111 Å². The second-order valence-electron chi connectivity index (χ2n) is 4.26. The van der Waals surface area contributed by atoms with Crippen molar-refractivity contribution in [2.45, 2.75) is 12.5 Å². The summed E-state index contributed by atoms with van der Waals surface area (Å²) >= 11 is 0. The van der Waals surface area contributed by atoms with Crippen LogP contribution in [-0.4, -0.2) is 5.11 Å². The van der Waals surface area contributed by atoms with Crippen LogP contribution in [0.2, 0.25) is 0 Å². The fraction of sp³-hybridized carbons (Fsp3) is 0.143. The minimum Gasteiger partial charge on any atom is -0.388 e. The number of aliphatic hydroxyl groups is 1. The molecule has 2 rings (SSSR count). The molecule has 0 aliphatic carbocycles. The highest BCUT2D eigenvalue weighted by Crippen LogP contribution is 2.24. The van der Waals surface area contributed by atoms with Crippen molar-refractivity contribution < 1.29 is 27.1 Å². The van der Waals surface area contributed by atoms with E-state index >= 15 is 0 Å². The molecule has 6 heteroatoms. The van der Waals surface area contributed by atoms with Crippen LogP contribution in [0.25, 0.3) is 0 Å². The Morgan fingerprint density at radius 2 is 1.35 bits per heavy atom. The van der Waals surface area contributed by atoms with Crippen LogP contribution in [0.5, 0.6) is 0 Å². The lowest BCUT2D eigenvalue weighted by atomic mass is 10.0. The van der Waals surface area contributed by atoms with E-state index in [1.807, 2.05) is 0 Å². The lowest BCUT2D eigenvalue weighted by Gasteiger charge is -2.12. The molecule has 0 amide bonds. The van der Waals surface area contributed by atoms with Crippen LogP contribution in [0.4, 0.5) is 22.0 Å². The van der Waals surface area contributed by atoms with Crippen LogP contribution in [0, 0.1) is 29.1 Å². The zero-order valence-electron chi connectivity index (χ0n) is 10.0. The maximum Gasteiger partial charge on any atom is 0.161 e. The van der Waals surface area contributed by atoms with E-state index in [1.54, 1.807) is 0 Å². The van der Waals surface area contributed by atoms with Gasteiger partial charge in [-0.3, -0.25) is 0 Å². The summed E-state index contributed by atoms with van der Waals surface area (Å²) in [6, 6.07) is 3.77. The number of halogens is 5. The number of hydrogen-bond acceptors (Lipinski definition) is 1. The van der Waals surface area contributed by atoms with Gasteiger partial charge in [-0.25, -0.2) is 22.0 Å². The SMILES string of the molecule is OC(Cc1ccc(F)c(F)c1)c1cc(F)c(F)cc1F. The van der Waals surface area contributed by atoms with Gasteiger partial charge < -0.3 is 5.11 Å². The van der Waals surface area contributed by atoms with E-state index in [4.69, 9.17) is 0 Å². The third-order valence-electron chi connectivity index (χ3n) is 2.81. The van der Waals surface area contributed by atoms with Crippen molar-refractivity contribution in [2.75, 3.05) is 0 Å². The van der Waals surface area contributed by atoms with Gasteiger partial charge in [0.2, 0.25) is 0 Å². The third kappa shape index (κ3) is 2.96. The van der Waals surface area contributed by atoms with Crippen LogP contribution < -0.4 is 0 Å². The molecule has 0 heterocycles. The second kappa shape index (κ2) is 5.58. The first-order chi connectivity index (χ1) is 9.38. The molecule has 1 nitrogen and oxygen atoms in total. The van der Waals surface area contributed by atoms with Crippen LogP contribution >= 0.6 is 0 Å². The predicted octanol–water partition coefficient (Wildman–Crippen LogP) is 3.66. The highest BCUT2D eigenvalue weighted by molar-refractivity contribution is 5.25. The maximum atomic E-state index is 13.4. The molecule has 1 unspecified atom stereocenters. The summed E-state index contributed by atoms with van der Waals surface area (Å²) in [6.07, 6.45) is -1.77. The summed E-state index contributed by atoms with van der Waals surface area (Å²) in [5, 5.41) is 9.78. The predicted molar refractivity (Wildman–Crippen MR) is 61.3 cm³/mol. The van der Waals surface area contributed by atoms with E-state index in [2.05, 4.69) is 0 Å². The Morgan fingerprint density at radius 3 is 2.00 bits per heavy atom. The molecule has 0 aromatic heterocycles. The molecule has 0 bridgehead atoms. The van der Waals surface area contributed by atoms with Crippen molar-refractivity contribution in [1.82, 2.24) is 0 Å². The lowest BCUT2D eigenvalue weighted by Crippen LogP contribution is -2.06. The van der Waals surface area contributed by atoms with Gasteiger partial charge >= 0.3 is 0 Å². The van der Waals surface area contributed by atoms with Crippen LogP contribution in [0.15, 0.2) is 30.3 Å². The molecule has 2 aromatic carbocycles. The van der Waals surface area contributed by atoms with Crippen molar-refractivity contribution in [3.63, 3.8) is 0 Å². The van der Waals surface area contributed by atoms with E-state index in [1.165, 1.54) is 6.07 Å². The van der Waals surface area contributed by atoms with E-state index in [0.717, 1.165) is 12.1 Å². The van der Waals surface area contributed by atoms with Crippen LogP contribution in [0.1, 0.15) is 17.2 Å². The molecular weight excluding hydrogens is 279 g/mol. The fourth-order valence-electron chi connectivity index (χ4n) is 1.79. The summed E-state index contributed by atoms with van der Waals surface area (Å²) in [5.41, 5.74) is -0.255. The van der Waals surface area contributed by atoms with Gasteiger partial charge in [-0.15, -0.1) is 0 Å². The lowest BCUT2D eigenvalue weighted by molar-refractivity contribution is 0.172. The number of benzene rings is 2. The molecule has 0 aliphatic rings. The molecule has 20 heavy (non-hydrogen) atoms. The van der Waals surface area contributed by atoms with Crippen molar-refractivity contribution in [3.8, 4) is 0 Å². The summed E-state index contributed by atoms with van der Waals surface area (Å²) < 4.78 is 64.9. The Hall–Kier alpha value is -1.95. The smallest absolute Gasteiger partial charge is 0.161 e. The number of hydrogen-bond donors (Lipinski definition) is 1. The van der Waals surface area contributed by atoms with Crippen LogP contribution in [-0.2, 0) is 6.42 Å². The Bertz CT molecular complexity index is 642. The highest BCUT2D eigenvalue weighted by Gasteiger charge is 2.18. The van der Waals surface area contributed by atoms with Gasteiger partial charge in [0.25, 0.3) is 0 Å². The van der Waals surface area contributed by atoms with Crippen molar-refractivity contribution in [2.24, 2.45) is 0 Å². The molecule has 0 spiro atoms. The Kier molecular flexibility index (Phi) is 4.04. The van der Waals surface area contributed by atoms with E-state index < -0.39 is 40.8 Å². The zero-order chi connectivity index (χ0) is 14.9. The fourth-order valence-corrected chi connectivity index (χ4v) is 1.79. The van der Waals surface area contributed by atoms with Gasteiger partial charge in [0.05, 0.1) is 6.10 Å². The van der Waals surface area contributed by atoms with E-state index in [-0.39, 0.29) is 12.0 Å². The summed E-state index contributed by atoms with van der Waals surface area (Å²) in [5.74, 6) is -5.95. The molecule has 0 fully saturated rings. The van der Waals surface area contributed by atoms with Gasteiger partial charge in [0.15, 0.2) is 23.3 Å². The Morgan fingerprint density at radius 1 is 0.750 bits per heavy atom. The van der Waals surface area contributed by atoms with Crippen molar-refractivity contribution in [1.29, 1.82) is 0 Å². The maximum absolute atomic E-state index is 13.4. The third-order valence-corrected chi connectivity index (χ3v) is 2.81. The topological polar surface area (TPSA) is 20.2 Å². The second-order valence-corrected chi connectivity index (χ2v) is 4.26. The first kappa shape index (κ1) is 14.5. The van der Waals surface area contributed by atoms with Gasteiger partial charge in [-0.05, 0) is 23.8 Å². The Balaban J connectivity index is 2.25. The molecule has 1 atom stereocenters. The molecule has 0 saturated heterocycles. The summed E-state index contributed by atoms with van der Waals surface area (Å²) in [4.78, 5) is 0. The first-order valence-corrected chi connectivity index (χ1v) is 5.65. The number of rotatable bonds is 3. The van der Waals surface area contributed by atoms with Gasteiger partial charge in [0.1, 0.15) is 5.82 Å². The largest absolute Gasteiger partial charge is 0.388 e. The van der Waals surface area contributed by atoms with Gasteiger partial charge in [-0.2, -0.15) is 0 Å². The zero-order valence-corrected chi connectivity index (χ0v) is 10.0. The standard InChI is InChI=1S/C14H9F5O/c15-9-2-1-7(3-11(9)17)4-14(20)8-5-12(18)13(19)6-10(8)16/h1-3,5-6,14,20H,4H2. The summed E-state index contributed by atoms with van der Waals surface area (Å²) in [7, 11) is 0. The normalized spacial score (nSPS) is 12.5. The average Bonchev–Trinajstić information content (AvgIpc) is 2.38. The monoisotopic (exact) mass is 288 g/mol. The van der Waals surface area contributed by atoms with Crippen molar-refractivity contribution >= 4 is 0 Å². The molecule has 0 radical (unpaired) electrons. The van der Waals surface area contributed by atoms with Crippen LogP contribution in [0.3, 0.4) is 0 Å². The summed E-state index contributed by atoms with van der Waals surface area (Å²) in [6.45, 7) is 0. The number of aliphatic hydroxyl groups excluding tert-OH is 1. The van der Waals surface area contributed by atoms with E-state index in [9.17, 15) is 27.1 Å². The minimum absolute atomic E-state index is 0.195. The molecule has 1 N–H and O–H groups in total. The molecule has 0 aliphatic heterocycles. The molecular formula is C14H9F5O. The van der Waals surface area contributed by atoms with Gasteiger partial charge in [-0.1, -0.05) is 6.07 Å². The minimum atomic E-state index is -1.50. The van der Waals surface area contributed by atoms with E-state index in [0.29, 0.717) is 12.1 Å².